The maximum atomic E-state index is 13.0. The Morgan fingerprint density at radius 2 is 1.85 bits per heavy atom. The fourth-order valence-electron chi connectivity index (χ4n) is 7.22. The average molecular weight is 373 g/mol. The Kier molecular flexibility index (Phi) is 4.29. The lowest BCUT2D eigenvalue weighted by atomic mass is 9.48. The number of hydrogen-bond donors (Lipinski definition) is 2. The maximum absolute atomic E-state index is 13.0. The third kappa shape index (κ3) is 2.94. The predicted molar refractivity (Wildman–Crippen MR) is 107 cm³/mol. The molecular formula is C23H36N2O2. The first-order chi connectivity index (χ1) is 12.5. The Bertz CT molecular complexity index is 678. The molecule has 4 rings (SSSR count). The number of hydrogen-bond acceptors (Lipinski definition) is 2. The molecule has 4 aliphatic rings. The van der Waals surface area contributed by atoms with E-state index in [0.717, 1.165) is 19.3 Å². The SMILES string of the molecule is CC(C)(C)NC(=O)[C@@H]1CCC2[C@H]3CC[C@@H]4NC(=O)C=C[C@@]4(C)[C@H]3CC[C@]21C. The van der Waals surface area contributed by atoms with Gasteiger partial charge in [-0.3, -0.25) is 9.59 Å². The molecule has 0 aromatic heterocycles. The monoisotopic (exact) mass is 372 g/mol. The summed E-state index contributed by atoms with van der Waals surface area (Å²) in [6, 6.07) is 0.280. The van der Waals surface area contributed by atoms with Gasteiger partial charge in [-0.25, -0.2) is 0 Å². The first kappa shape index (κ1) is 19.0. The van der Waals surface area contributed by atoms with Crippen molar-refractivity contribution in [3.05, 3.63) is 12.2 Å². The summed E-state index contributed by atoms with van der Waals surface area (Å²) in [5.41, 5.74) is 0.0323. The van der Waals surface area contributed by atoms with Gasteiger partial charge >= 0.3 is 0 Å². The van der Waals surface area contributed by atoms with Crippen molar-refractivity contribution < 1.29 is 9.59 Å². The molecule has 0 bridgehead atoms. The van der Waals surface area contributed by atoms with Crippen LogP contribution in [0.1, 0.15) is 73.1 Å². The van der Waals surface area contributed by atoms with Crippen molar-refractivity contribution in [3.8, 4) is 0 Å². The van der Waals surface area contributed by atoms with Crippen LogP contribution in [0.2, 0.25) is 0 Å². The van der Waals surface area contributed by atoms with Crippen molar-refractivity contribution in [1.29, 1.82) is 0 Å². The van der Waals surface area contributed by atoms with Gasteiger partial charge in [-0.1, -0.05) is 19.9 Å². The lowest BCUT2D eigenvalue weighted by Gasteiger charge is -2.58. The summed E-state index contributed by atoms with van der Waals surface area (Å²) in [6.07, 6.45) is 10.7. The van der Waals surface area contributed by atoms with Crippen molar-refractivity contribution in [1.82, 2.24) is 10.6 Å². The van der Waals surface area contributed by atoms with Gasteiger partial charge in [-0.05, 0) is 88.5 Å². The van der Waals surface area contributed by atoms with Gasteiger partial charge < -0.3 is 10.6 Å². The third-order valence-corrected chi connectivity index (χ3v) is 8.50. The van der Waals surface area contributed by atoms with Crippen LogP contribution in [-0.4, -0.2) is 23.4 Å². The van der Waals surface area contributed by atoms with E-state index in [1.807, 2.05) is 0 Å². The van der Waals surface area contributed by atoms with Gasteiger partial charge in [0.1, 0.15) is 0 Å². The molecule has 0 aromatic rings. The summed E-state index contributed by atoms with van der Waals surface area (Å²) in [5, 5.41) is 6.48. The van der Waals surface area contributed by atoms with Crippen molar-refractivity contribution in [3.63, 3.8) is 0 Å². The molecule has 0 spiro atoms. The zero-order valence-electron chi connectivity index (χ0n) is 17.6. The van der Waals surface area contributed by atoms with E-state index in [0.29, 0.717) is 17.8 Å². The van der Waals surface area contributed by atoms with Crippen molar-refractivity contribution in [2.45, 2.75) is 84.7 Å². The van der Waals surface area contributed by atoms with E-state index in [1.54, 1.807) is 6.08 Å². The summed E-state index contributed by atoms with van der Waals surface area (Å²) in [6.45, 7) is 11.0. The maximum Gasteiger partial charge on any atom is 0.243 e. The van der Waals surface area contributed by atoms with Gasteiger partial charge in [0.25, 0.3) is 0 Å². The molecule has 1 aliphatic heterocycles. The molecule has 27 heavy (non-hydrogen) atoms. The highest BCUT2D eigenvalue weighted by Crippen LogP contribution is 2.65. The van der Waals surface area contributed by atoms with E-state index in [9.17, 15) is 9.59 Å². The molecular weight excluding hydrogens is 336 g/mol. The lowest BCUT2D eigenvalue weighted by molar-refractivity contribution is -0.135. The van der Waals surface area contributed by atoms with Crippen LogP contribution in [0.4, 0.5) is 0 Å². The Balaban J connectivity index is 1.58. The van der Waals surface area contributed by atoms with Gasteiger partial charge in [0.05, 0.1) is 0 Å². The average Bonchev–Trinajstić information content (AvgIpc) is 2.91. The summed E-state index contributed by atoms with van der Waals surface area (Å²) in [5.74, 6) is 2.41. The second kappa shape index (κ2) is 6.09. The topological polar surface area (TPSA) is 58.2 Å². The van der Waals surface area contributed by atoms with Crippen LogP contribution in [0.3, 0.4) is 0 Å². The molecule has 0 aromatic carbocycles. The standard InChI is InChI=1S/C23H36N2O2/c1-21(2,3)25-20(27)17-8-7-15-14-6-9-18-23(5,13-11-19(26)24-18)16(14)10-12-22(15,17)4/h11,13-18H,6-10,12H2,1-5H3,(H,24,26)(H,25,27)/t14-,15?,16+,17+,18+,22-,23+/m1/s1. The van der Waals surface area contributed by atoms with Crippen molar-refractivity contribution in [2.24, 2.45) is 34.5 Å². The van der Waals surface area contributed by atoms with Crippen LogP contribution < -0.4 is 10.6 Å². The first-order valence-corrected chi connectivity index (χ1v) is 10.9. The van der Waals surface area contributed by atoms with E-state index in [-0.39, 0.29) is 40.1 Å². The second-order valence-electron chi connectivity index (χ2n) is 11.1. The van der Waals surface area contributed by atoms with Crippen LogP contribution in [0, 0.1) is 34.5 Å². The van der Waals surface area contributed by atoms with E-state index < -0.39 is 0 Å². The Hall–Kier alpha value is -1.32. The van der Waals surface area contributed by atoms with E-state index in [2.05, 4.69) is 51.3 Å². The third-order valence-electron chi connectivity index (χ3n) is 8.50. The smallest absolute Gasteiger partial charge is 0.243 e. The van der Waals surface area contributed by atoms with Gasteiger partial charge in [-0.2, -0.15) is 0 Å². The number of nitrogens with one attached hydrogen (secondary N) is 2. The quantitative estimate of drug-likeness (QED) is 0.735. The molecule has 2 amide bonds. The number of carbonyl (C=O) groups excluding carboxylic acids is 2. The van der Waals surface area contributed by atoms with Gasteiger partial charge in [0.15, 0.2) is 0 Å². The van der Waals surface area contributed by atoms with E-state index in [4.69, 9.17) is 0 Å². The number of rotatable bonds is 1. The summed E-state index contributed by atoms with van der Waals surface area (Å²) in [7, 11) is 0. The fourth-order valence-corrected chi connectivity index (χ4v) is 7.22. The van der Waals surface area contributed by atoms with E-state index in [1.165, 1.54) is 19.3 Å². The Labute approximate surface area is 163 Å². The van der Waals surface area contributed by atoms with Crippen molar-refractivity contribution >= 4 is 11.8 Å². The zero-order chi connectivity index (χ0) is 19.6. The van der Waals surface area contributed by atoms with Crippen LogP contribution >= 0.6 is 0 Å². The fraction of sp³-hybridized carbons (Fsp3) is 0.826. The molecule has 150 valence electrons. The van der Waals surface area contributed by atoms with Gasteiger partial charge in [0, 0.05) is 22.9 Å². The first-order valence-electron chi connectivity index (χ1n) is 10.9. The molecule has 3 saturated carbocycles. The highest BCUT2D eigenvalue weighted by atomic mass is 16.2. The predicted octanol–water partition coefficient (Wildman–Crippen LogP) is 3.81. The van der Waals surface area contributed by atoms with Crippen LogP contribution in [-0.2, 0) is 9.59 Å². The van der Waals surface area contributed by atoms with E-state index >= 15 is 0 Å². The van der Waals surface area contributed by atoms with Gasteiger partial charge in [0.2, 0.25) is 11.8 Å². The lowest BCUT2D eigenvalue weighted by Crippen LogP contribution is -2.59. The molecule has 0 saturated heterocycles. The minimum absolute atomic E-state index is 0.0661. The zero-order valence-corrected chi connectivity index (χ0v) is 17.6. The van der Waals surface area contributed by atoms with Gasteiger partial charge in [-0.15, -0.1) is 0 Å². The van der Waals surface area contributed by atoms with Crippen LogP contribution in [0.25, 0.3) is 0 Å². The largest absolute Gasteiger partial charge is 0.351 e. The normalized spacial score (nSPS) is 46.1. The summed E-state index contributed by atoms with van der Waals surface area (Å²) >= 11 is 0. The second-order valence-corrected chi connectivity index (χ2v) is 11.1. The molecule has 2 N–H and O–H groups in total. The molecule has 4 heteroatoms. The molecule has 3 fully saturated rings. The minimum atomic E-state index is -0.167. The van der Waals surface area contributed by atoms with Crippen molar-refractivity contribution in [2.75, 3.05) is 0 Å². The highest BCUT2D eigenvalue weighted by Gasteiger charge is 2.60. The Morgan fingerprint density at radius 1 is 1.11 bits per heavy atom. The summed E-state index contributed by atoms with van der Waals surface area (Å²) < 4.78 is 0. The van der Waals surface area contributed by atoms with Crippen LogP contribution in [0.5, 0.6) is 0 Å². The Morgan fingerprint density at radius 3 is 2.56 bits per heavy atom. The van der Waals surface area contributed by atoms with Crippen LogP contribution in [0.15, 0.2) is 12.2 Å². The minimum Gasteiger partial charge on any atom is -0.351 e. The molecule has 1 unspecified atom stereocenters. The number of carbonyl (C=O) groups is 2. The number of fused-ring (bicyclic) bond motifs is 5. The number of amides is 2. The molecule has 0 radical (unpaired) electrons. The highest BCUT2D eigenvalue weighted by molar-refractivity contribution is 5.89. The summed E-state index contributed by atoms with van der Waals surface area (Å²) in [4.78, 5) is 24.9. The molecule has 3 aliphatic carbocycles. The molecule has 4 nitrogen and oxygen atoms in total. The molecule has 7 atom stereocenters. The molecule has 1 heterocycles.